The number of alkyl halides is 1. The van der Waals surface area contributed by atoms with Crippen LogP contribution in [0.4, 0.5) is 0 Å². The highest BCUT2D eigenvalue weighted by molar-refractivity contribution is 6.18. The molecule has 4 heteroatoms. The molecule has 0 aliphatic heterocycles. The van der Waals surface area contributed by atoms with Gasteiger partial charge in [0.1, 0.15) is 0 Å². The van der Waals surface area contributed by atoms with Crippen molar-refractivity contribution in [3.63, 3.8) is 0 Å². The Morgan fingerprint density at radius 3 is 1.88 bits per heavy atom. The molecule has 0 N–H and O–H groups in total. The van der Waals surface area contributed by atoms with E-state index in [1.807, 2.05) is 0 Å². The lowest BCUT2D eigenvalue weighted by Gasteiger charge is -2.37. The van der Waals surface area contributed by atoms with E-state index in [9.17, 15) is 4.79 Å². The molecule has 1 rings (SSSR count). The molecule has 0 spiro atoms. The van der Waals surface area contributed by atoms with E-state index in [0.717, 1.165) is 37.9 Å². The largest absolute Gasteiger partial charge is 0.466 e. The summed E-state index contributed by atoms with van der Waals surface area (Å²) in [5, 5.41) is 0. The van der Waals surface area contributed by atoms with Gasteiger partial charge in [-0.05, 0) is 57.4 Å². The van der Waals surface area contributed by atoms with E-state index < -0.39 is 0 Å². The maximum Gasteiger partial charge on any atom is 0.306 e. The van der Waals surface area contributed by atoms with Crippen molar-refractivity contribution in [3.8, 4) is 0 Å². The fourth-order valence-corrected chi connectivity index (χ4v) is 5.40. The Bertz CT molecular complexity index is 439. The lowest BCUT2D eigenvalue weighted by Crippen LogP contribution is -2.41. The molecule has 0 saturated heterocycles. The topological polar surface area (TPSA) is 29.5 Å². The van der Waals surface area contributed by atoms with Crippen LogP contribution in [0.3, 0.4) is 0 Å². The van der Waals surface area contributed by atoms with E-state index in [-0.39, 0.29) is 5.97 Å². The highest BCUT2D eigenvalue weighted by Gasteiger charge is 2.23. The first-order chi connectivity index (χ1) is 16.7. The third kappa shape index (κ3) is 17.2. The molecule has 202 valence electrons. The summed E-state index contributed by atoms with van der Waals surface area (Å²) >= 11 is 5.98. The van der Waals surface area contributed by atoms with E-state index in [0.29, 0.717) is 18.9 Å². The molecule has 1 saturated carbocycles. The molecular weight excluding hydrogens is 442 g/mol. The lowest BCUT2D eigenvalue weighted by molar-refractivity contribution is -0.145. The van der Waals surface area contributed by atoms with Crippen molar-refractivity contribution in [2.45, 2.75) is 155 Å². The van der Waals surface area contributed by atoms with Crippen LogP contribution in [0, 0.1) is 5.92 Å². The molecule has 0 aromatic heterocycles. The van der Waals surface area contributed by atoms with Crippen molar-refractivity contribution in [3.05, 3.63) is 0 Å². The molecule has 0 amide bonds. The molecule has 1 fully saturated rings. The van der Waals surface area contributed by atoms with Crippen LogP contribution in [-0.2, 0) is 9.53 Å². The second-order valence-corrected chi connectivity index (χ2v) is 11.2. The first-order valence-corrected chi connectivity index (χ1v) is 15.7. The molecule has 0 unspecified atom stereocenters. The third-order valence-corrected chi connectivity index (χ3v) is 7.87. The Balaban J connectivity index is 2.18. The summed E-state index contributed by atoms with van der Waals surface area (Å²) in [7, 11) is 0. The summed E-state index contributed by atoms with van der Waals surface area (Å²) in [6.45, 7) is 7.30. The molecule has 0 radical (unpaired) electrons. The molecule has 0 aromatic rings. The quantitative estimate of drug-likeness (QED) is 0.0711. The fourth-order valence-electron chi connectivity index (χ4n) is 5.19. The monoisotopic (exact) mass is 499 g/mol. The van der Waals surface area contributed by atoms with Gasteiger partial charge in [0, 0.05) is 24.9 Å². The number of rotatable bonds is 25. The van der Waals surface area contributed by atoms with Crippen molar-refractivity contribution >= 4 is 17.6 Å². The number of ether oxygens (including phenoxy) is 1. The number of hydrogen-bond acceptors (Lipinski definition) is 3. The van der Waals surface area contributed by atoms with Crippen molar-refractivity contribution in [2.75, 3.05) is 25.6 Å². The fraction of sp³-hybridized carbons (Fsp3) is 0.967. The van der Waals surface area contributed by atoms with Gasteiger partial charge in [-0.2, -0.15) is 0 Å². The molecule has 34 heavy (non-hydrogen) atoms. The molecule has 0 aromatic carbocycles. The van der Waals surface area contributed by atoms with Gasteiger partial charge in [0.25, 0.3) is 0 Å². The van der Waals surface area contributed by atoms with Gasteiger partial charge in [-0.1, -0.05) is 97.3 Å². The smallest absolute Gasteiger partial charge is 0.306 e. The van der Waals surface area contributed by atoms with Gasteiger partial charge in [-0.15, -0.1) is 11.6 Å². The molecule has 1 aliphatic rings. The summed E-state index contributed by atoms with van der Waals surface area (Å²) in [6, 6.07) is 0.770. The second kappa shape index (κ2) is 23.1. The van der Waals surface area contributed by atoms with Crippen molar-refractivity contribution in [2.24, 2.45) is 5.92 Å². The first-order valence-electron chi connectivity index (χ1n) is 15.2. The van der Waals surface area contributed by atoms with Gasteiger partial charge in [0.15, 0.2) is 0 Å². The van der Waals surface area contributed by atoms with Crippen LogP contribution in [0.2, 0.25) is 0 Å². The minimum Gasteiger partial charge on any atom is -0.466 e. The average molecular weight is 500 g/mol. The van der Waals surface area contributed by atoms with E-state index in [2.05, 4.69) is 18.7 Å². The van der Waals surface area contributed by atoms with Crippen molar-refractivity contribution in [1.29, 1.82) is 0 Å². The lowest BCUT2D eigenvalue weighted by atomic mass is 9.91. The van der Waals surface area contributed by atoms with Crippen LogP contribution in [0.15, 0.2) is 0 Å². The molecule has 3 nitrogen and oxygen atoms in total. The predicted molar refractivity (Wildman–Crippen MR) is 149 cm³/mol. The zero-order chi connectivity index (χ0) is 24.7. The number of esters is 1. The van der Waals surface area contributed by atoms with Gasteiger partial charge >= 0.3 is 5.97 Å². The third-order valence-electron chi connectivity index (χ3n) is 7.70. The minimum absolute atomic E-state index is 0.0419. The van der Waals surface area contributed by atoms with Crippen LogP contribution in [0.1, 0.15) is 149 Å². The van der Waals surface area contributed by atoms with E-state index in [1.165, 1.54) is 116 Å². The number of carbonyl (C=O) groups excluding carboxylic acids is 1. The highest BCUT2D eigenvalue weighted by Crippen LogP contribution is 2.25. The summed E-state index contributed by atoms with van der Waals surface area (Å²) in [4.78, 5) is 15.1. The normalized spacial score (nSPS) is 14.1. The molecular formula is C30H58ClNO2. The Morgan fingerprint density at radius 1 is 0.794 bits per heavy atom. The van der Waals surface area contributed by atoms with Crippen molar-refractivity contribution < 1.29 is 9.53 Å². The summed E-state index contributed by atoms with van der Waals surface area (Å²) in [5.41, 5.74) is 0. The van der Waals surface area contributed by atoms with Gasteiger partial charge < -0.3 is 4.74 Å². The van der Waals surface area contributed by atoms with Crippen LogP contribution < -0.4 is 0 Å². The van der Waals surface area contributed by atoms with Crippen LogP contribution in [0.5, 0.6) is 0 Å². The summed E-state index contributed by atoms with van der Waals surface area (Å²) in [6.07, 6.45) is 26.4. The molecule has 0 heterocycles. The van der Waals surface area contributed by atoms with E-state index in [1.54, 1.807) is 0 Å². The van der Waals surface area contributed by atoms with Crippen LogP contribution in [0.25, 0.3) is 0 Å². The zero-order valence-corrected chi connectivity index (χ0v) is 23.7. The number of carbonyl (C=O) groups is 1. The maximum absolute atomic E-state index is 12.5. The Labute approximate surface area is 218 Å². The summed E-state index contributed by atoms with van der Waals surface area (Å²) < 4.78 is 5.65. The Kier molecular flexibility index (Phi) is 21.6. The summed E-state index contributed by atoms with van der Waals surface area (Å²) in [5.74, 6) is 1.30. The minimum atomic E-state index is 0.0419. The SMILES string of the molecule is CCCCCCCCC(CCCCCCCC)CC(=O)OCCCCCN(CCCl)C1CCC1. The molecule has 0 bridgehead atoms. The van der Waals surface area contributed by atoms with Crippen LogP contribution >= 0.6 is 11.6 Å². The zero-order valence-electron chi connectivity index (χ0n) is 23.0. The van der Waals surface area contributed by atoms with Crippen molar-refractivity contribution in [1.82, 2.24) is 4.90 Å². The maximum atomic E-state index is 12.5. The van der Waals surface area contributed by atoms with Gasteiger partial charge in [-0.25, -0.2) is 0 Å². The number of halogens is 1. The number of nitrogens with zero attached hydrogens (tertiary/aromatic N) is 1. The van der Waals surface area contributed by atoms with Gasteiger partial charge in [0.2, 0.25) is 0 Å². The van der Waals surface area contributed by atoms with E-state index >= 15 is 0 Å². The first kappa shape index (κ1) is 31.7. The van der Waals surface area contributed by atoms with Gasteiger partial charge in [-0.3, -0.25) is 9.69 Å². The Hall–Kier alpha value is -0.280. The standard InChI is InChI=1S/C30H58ClNO2/c1-3-5-7-9-11-14-19-28(20-15-12-10-8-6-4-2)27-30(33)34-26-17-13-16-24-32(25-23-31)29-21-18-22-29/h28-29H,3-27H2,1-2H3. The number of hydrogen-bond donors (Lipinski definition) is 0. The van der Waals surface area contributed by atoms with Crippen LogP contribution in [-0.4, -0.2) is 42.5 Å². The average Bonchev–Trinajstić information content (AvgIpc) is 2.79. The predicted octanol–water partition coefficient (Wildman–Crippen LogP) is 9.30. The highest BCUT2D eigenvalue weighted by atomic mass is 35.5. The van der Waals surface area contributed by atoms with E-state index in [4.69, 9.17) is 16.3 Å². The molecule has 0 atom stereocenters. The second-order valence-electron chi connectivity index (χ2n) is 10.8. The number of unbranched alkanes of at least 4 members (excludes halogenated alkanes) is 12. The van der Waals surface area contributed by atoms with Gasteiger partial charge in [0.05, 0.1) is 6.61 Å². The Morgan fingerprint density at radius 2 is 1.35 bits per heavy atom. The molecule has 1 aliphatic carbocycles.